The van der Waals surface area contributed by atoms with Crippen LogP contribution in [0.1, 0.15) is 6.42 Å². The standard InChI is InChI=1S/C13H13F2NO2/c14-13(15,11(16)17)12-8-3-1-2-4-5(3)9(12)7(4)10(18-12)6(2)8/h2-10H,1H2,(H2,16,17)/t2-,3-,4-,5-,6+,7-,8?,9?,10-,12+/m0/s1. The molecular weight excluding hydrogens is 240 g/mol. The van der Waals surface area contributed by atoms with Gasteiger partial charge < -0.3 is 10.5 Å². The van der Waals surface area contributed by atoms with Crippen molar-refractivity contribution in [1.82, 2.24) is 0 Å². The number of ether oxygens (including phenoxy) is 1. The van der Waals surface area contributed by atoms with Crippen molar-refractivity contribution in [2.45, 2.75) is 24.0 Å². The lowest BCUT2D eigenvalue weighted by atomic mass is 9.56. The zero-order valence-corrected chi connectivity index (χ0v) is 9.55. The van der Waals surface area contributed by atoms with E-state index < -0.39 is 17.4 Å². The topological polar surface area (TPSA) is 52.3 Å². The normalized spacial score (nSPS) is 71.6. The molecule has 2 N–H and O–H groups in total. The molecule has 7 aliphatic rings. The summed E-state index contributed by atoms with van der Waals surface area (Å²) in [6.07, 6.45) is 1.12. The largest absolute Gasteiger partial charge is 0.364 e. The highest BCUT2D eigenvalue weighted by atomic mass is 19.3. The third-order valence-corrected chi connectivity index (χ3v) is 7.50. The van der Waals surface area contributed by atoms with Crippen LogP contribution in [0, 0.1) is 47.3 Å². The Hall–Kier alpha value is -0.710. The molecule has 3 nitrogen and oxygen atoms in total. The van der Waals surface area contributed by atoms with Crippen molar-refractivity contribution < 1.29 is 18.3 Å². The summed E-state index contributed by atoms with van der Waals surface area (Å²) >= 11 is 0. The van der Waals surface area contributed by atoms with E-state index in [2.05, 4.69) is 0 Å². The minimum atomic E-state index is -3.48. The van der Waals surface area contributed by atoms with Crippen molar-refractivity contribution in [3.8, 4) is 0 Å². The van der Waals surface area contributed by atoms with E-state index in [0.29, 0.717) is 35.5 Å². The van der Waals surface area contributed by atoms with Gasteiger partial charge in [0.25, 0.3) is 5.91 Å². The van der Waals surface area contributed by atoms with Gasteiger partial charge in [0.1, 0.15) is 5.60 Å². The van der Waals surface area contributed by atoms with E-state index >= 15 is 0 Å². The highest BCUT2D eigenvalue weighted by Crippen LogP contribution is 2.91. The molecule has 2 heterocycles. The summed E-state index contributed by atoms with van der Waals surface area (Å²) in [7, 11) is 0. The summed E-state index contributed by atoms with van der Waals surface area (Å²) in [5, 5.41) is 0. The highest BCUT2D eigenvalue weighted by Gasteiger charge is 2.97. The molecule has 2 saturated heterocycles. The summed E-state index contributed by atoms with van der Waals surface area (Å²) in [5.74, 6) is -2.44. The second-order valence-electron chi connectivity index (χ2n) is 7.24. The molecule has 7 rings (SSSR count). The Morgan fingerprint density at radius 2 is 1.94 bits per heavy atom. The van der Waals surface area contributed by atoms with E-state index in [0.717, 1.165) is 6.42 Å². The summed E-state index contributed by atoms with van der Waals surface area (Å²) in [5.41, 5.74) is 3.49. The number of carbonyl (C=O) groups excluding carboxylic acids is 1. The lowest BCUT2D eigenvalue weighted by Crippen LogP contribution is -2.62. The molecule has 7 fully saturated rings. The first-order valence-corrected chi connectivity index (χ1v) is 6.87. The molecule has 5 heteroatoms. The Kier molecular flexibility index (Phi) is 1.04. The molecule has 2 unspecified atom stereocenters. The fourth-order valence-electron chi connectivity index (χ4n) is 7.70. The van der Waals surface area contributed by atoms with Crippen molar-refractivity contribution in [3.05, 3.63) is 0 Å². The van der Waals surface area contributed by atoms with Crippen LogP contribution in [0.4, 0.5) is 8.78 Å². The summed E-state index contributed by atoms with van der Waals surface area (Å²) in [6, 6.07) is 0. The van der Waals surface area contributed by atoms with Crippen LogP contribution in [-0.2, 0) is 9.53 Å². The molecule has 0 aromatic rings. The number of hydrogen-bond acceptors (Lipinski definition) is 2. The third-order valence-electron chi connectivity index (χ3n) is 7.50. The molecular formula is C13H13F2NO2. The Morgan fingerprint density at radius 3 is 2.67 bits per heavy atom. The number of primary amides is 1. The van der Waals surface area contributed by atoms with Crippen molar-refractivity contribution in [2.24, 2.45) is 53.1 Å². The predicted octanol–water partition coefficient (Wildman–Crippen LogP) is 0.632. The molecule has 10 atom stereocenters. The number of carbonyl (C=O) groups is 1. The van der Waals surface area contributed by atoms with Crippen LogP contribution >= 0.6 is 0 Å². The van der Waals surface area contributed by atoms with Gasteiger partial charge in [-0.15, -0.1) is 0 Å². The summed E-state index contributed by atoms with van der Waals surface area (Å²) in [6.45, 7) is 0. The van der Waals surface area contributed by atoms with Crippen LogP contribution in [0.5, 0.6) is 0 Å². The van der Waals surface area contributed by atoms with Gasteiger partial charge in [0.15, 0.2) is 0 Å². The summed E-state index contributed by atoms with van der Waals surface area (Å²) in [4.78, 5) is 11.3. The van der Waals surface area contributed by atoms with Gasteiger partial charge in [0.05, 0.1) is 6.10 Å². The Balaban J connectivity index is 1.65. The van der Waals surface area contributed by atoms with Crippen LogP contribution in [0.3, 0.4) is 0 Å². The molecule has 18 heavy (non-hydrogen) atoms. The Morgan fingerprint density at radius 1 is 1.17 bits per heavy atom. The van der Waals surface area contributed by atoms with Crippen LogP contribution in [0.2, 0.25) is 0 Å². The van der Waals surface area contributed by atoms with Gasteiger partial charge in [-0.3, -0.25) is 4.79 Å². The molecule has 2 aliphatic heterocycles. The van der Waals surface area contributed by atoms with Crippen LogP contribution in [0.25, 0.3) is 0 Å². The first-order chi connectivity index (χ1) is 8.52. The molecule has 1 amide bonds. The van der Waals surface area contributed by atoms with Crippen molar-refractivity contribution in [1.29, 1.82) is 0 Å². The quantitative estimate of drug-likeness (QED) is 0.785. The molecule has 5 aliphatic carbocycles. The van der Waals surface area contributed by atoms with Crippen molar-refractivity contribution >= 4 is 5.91 Å². The third kappa shape index (κ3) is 0.497. The fourth-order valence-corrected chi connectivity index (χ4v) is 7.70. The lowest BCUT2D eigenvalue weighted by molar-refractivity contribution is -0.206. The number of halogens is 2. The minimum Gasteiger partial charge on any atom is -0.364 e. The molecule has 5 saturated carbocycles. The van der Waals surface area contributed by atoms with Gasteiger partial charge in [-0.1, -0.05) is 0 Å². The van der Waals surface area contributed by atoms with E-state index in [-0.39, 0.29) is 17.9 Å². The van der Waals surface area contributed by atoms with Crippen molar-refractivity contribution in [3.63, 3.8) is 0 Å². The maximum atomic E-state index is 14.5. The van der Waals surface area contributed by atoms with E-state index in [9.17, 15) is 13.6 Å². The van der Waals surface area contributed by atoms with Gasteiger partial charge in [0.2, 0.25) is 0 Å². The molecule has 0 aromatic carbocycles. The van der Waals surface area contributed by atoms with E-state index in [1.54, 1.807) is 0 Å². The smallest absolute Gasteiger partial charge is 0.353 e. The predicted molar refractivity (Wildman–Crippen MR) is 54.3 cm³/mol. The highest BCUT2D eigenvalue weighted by molar-refractivity contribution is 5.84. The van der Waals surface area contributed by atoms with E-state index in [4.69, 9.17) is 10.5 Å². The number of rotatable bonds is 2. The molecule has 96 valence electrons. The van der Waals surface area contributed by atoms with E-state index in [1.807, 2.05) is 0 Å². The van der Waals surface area contributed by atoms with Crippen LogP contribution in [0.15, 0.2) is 0 Å². The first-order valence-electron chi connectivity index (χ1n) is 6.87. The zero-order chi connectivity index (χ0) is 12.2. The summed E-state index contributed by atoms with van der Waals surface area (Å²) < 4.78 is 34.7. The number of amides is 1. The average molecular weight is 253 g/mol. The first kappa shape index (κ1) is 9.23. The molecule has 4 bridgehead atoms. The monoisotopic (exact) mass is 253 g/mol. The van der Waals surface area contributed by atoms with E-state index in [1.165, 1.54) is 0 Å². The fraction of sp³-hybridized carbons (Fsp3) is 0.923. The molecule has 0 radical (unpaired) electrons. The maximum absolute atomic E-state index is 14.5. The zero-order valence-electron chi connectivity index (χ0n) is 9.55. The number of alkyl halides is 2. The van der Waals surface area contributed by atoms with Crippen LogP contribution in [-0.4, -0.2) is 23.5 Å². The number of hydrogen-bond donors (Lipinski definition) is 1. The Labute approximate surface area is 102 Å². The second kappa shape index (κ2) is 2.03. The molecule has 0 spiro atoms. The van der Waals surface area contributed by atoms with Gasteiger partial charge in [-0.2, -0.15) is 8.78 Å². The molecule has 0 aromatic heterocycles. The maximum Gasteiger partial charge on any atom is 0.353 e. The van der Waals surface area contributed by atoms with Gasteiger partial charge in [0, 0.05) is 11.8 Å². The second-order valence-corrected chi connectivity index (χ2v) is 7.24. The SMILES string of the molecule is NC(=O)C(F)(F)[C@@]12O[C@H]3[C@H]4C1[C@H]1C[C@H]4[C@H]4[C@H]1C2[C@@H]34. The lowest BCUT2D eigenvalue weighted by Gasteiger charge is -2.47. The average Bonchev–Trinajstić information content (AvgIpc) is 2.86. The van der Waals surface area contributed by atoms with Crippen molar-refractivity contribution in [2.75, 3.05) is 0 Å². The van der Waals surface area contributed by atoms with Gasteiger partial charge >= 0.3 is 5.92 Å². The number of nitrogens with two attached hydrogens (primary N) is 1. The van der Waals surface area contributed by atoms with Gasteiger partial charge in [-0.25, -0.2) is 0 Å². The van der Waals surface area contributed by atoms with Gasteiger partial charge in [-0.05, 0) is 41.9 Å². The Bertz CT molecular complexity index is 527. The van der Waals surface area contributed by atoms with Crippen LogP contribution < -0.4 is 5.73 Å². The minimum absolute atomic E-state index is 0.0176.